The molecular weight excluding hydrogens is 198 g/mol. The van der Waals surface area contributed by atoms with Crippen LogP contribution in [0.4, 0.5) is 0 Å². The Morgan fingerprint density at radius 2 is 2.14 bits per heavy atom. The minimum atomic E-state index is 0.113. The first kappa shape index (κ1) is 8.85. The molecule has 70 valence electrons. The zero-order valence-electron chi connectivity index (χ0n) is 7.19. The molecule has 1 heterocycles. The summed E-state index contributed by atoms with van der Waals surface area (Å²) in [7, 11) is 0. The molecule has 14 heavy (non-hydrogen) atoms. The van der Waals surface area contributed by atoms with Crippen LogP contribution in [0.5, 0.6) is 11.5 Å². The van der Waals surface area contributed by atoms with E-state index < -0.39 is 0 Å². The molecule has 3 nitrogen and oxygen atoms in total. The number of benzene rings is 1. The van der Waals surface area contributed by atoms with E-state index in [2.05, 4.69) is 0 Å². The van der Waals surface area contributed by atoms with Crippen molar-refractivity contribution in [3.05, 3.63) is 23.1 Å². The normalized spacial score (nSPS) is 10.2. The largest absolute Gasteiger partial charge is 0.508 e. The van der Waals surface area contributed by atoms with E-state index in [1.165, 1.54) is 17.4 Å². The number of fused-ring (bicyclic) bond motifs is 1. The summed E-state index contributed by atoms with van der Waals surface area (Å²) in [6.45, 7) is 0. The lowest BCUT2D eigenvalue weighted by atomic mass is 10.2. The Kier molecular flexibility index (Phi) is 2.02. The van der Waals surface area contributed by atoms with Crippen molar-refractivity contribution in [2.45, 2.75) is 6.42 Å². The Hall–Kier alpha value is -1.73. The summed E-state index contributed by atoms with van der Waals surface area (Å²) in [6.07, 6.45) is 0.200. The average Bonchev–Trinajstić information content (AvgIpc) is 2.46. The standard InChI is InChI=1S/C10H7NO2S/c11-4-3-9-10(13)7-5-6(12)1-2-8(7)14-9/h1-2,5,12-13H,3H2. The molecule has 0 atom stereocenters. The molecule has 1 aromatic heterocycles. The maximum atomic E-state index is 9.69. The summed E-state index contributed by atoms with van der Waals surface area (Å²) in [5.74, 6) is 0.233. The van der Waals surface area contributed by atoms with Crippen LogP contribution >= 0.6 is 11.3 Å². The molecule has 0 spiro atoms. The summed E-state index contributed by atoms with van der Waals surface area (Å²) < 4.78 is 0.880. The molecule has 2 N–H and O–H groups in total. The monoisotopic (exact) mass is 205 g/mol. The first-order chi connectivity index (χ1) is 6.72. The summed E-state index contributed by atoms with van der Waals surface area (Å²) >= 11 is 1.37. The Morgan fingerprint density at radius 1 is 1.36 bits per heavy atom. The van der Waals surface area contributed by atoms with Gasteiger partial charge in [0.1, 0.15) is 11.5 Å². The van der Waals surface area contributed by atoms with Crippen LogP contribution in [0.2, 0.25) is 0 Å². The summed E-state index contributed by atoms with van der Waals surface area (Å²) in [6, 6.07) is 6.79. The van der Waals surface area contributed by atoms with Crippen LogP contribution in [0, 0.1) is 11.3 Å². The lowest BCUT2D eigenvalue weighted by molar-refractivity contribution is 0.471. The zero-order chi connectivity index (χ0) is 10.1. The summed E-state index contributed by atoms with van der Waals surface area (Å²) in [4.78, 5) is 0.646. The first-order valence-electron chi connectivity index (χ1n) is 4.02. The Morgan fingerprint density at radius 3 is 2.86 bits per heavy atom. The molecule has 0 fully saturated rings. The van der Waals surface area contributed by atoms with Crippen molar-refractivity contribution in [1.82, 2.24) is 0 Å². The Balaban J connectivity index is 2.69. The molecule has 2 aromatic rings. The van der Waals surface area contributed by atoms with Gasteiger partial charge in [-0.3, -0.25) is 0 Å². The van der Waals surface area contributed by atoms with Crippen LogP contribution in [0.1, 0.15) is 4.88 Å². The van der Waals surface area contributed by atoms with Crippen molar-refractivity contribution in [3.63, 3.8) is 0 Å². The topological polar surface area (TPSA) is 64.2 Å². The zero-order valence-corrected chi connectivity index (χ0v) is 8.01. The highest BCUT2D eigenvalue weighted by atomic mass is 32.1. The van der Waals surface area contributed by atoms with Crippen molar-refractivity contribution in [2.24, 2.45) is 0 Å². The van der Waals surface area contributed by atoms with Gasteiger partial charge in [-0.15, -0.1) is 11.3 Å². The molecule has 0 unspecified atom stereocenters. The second-order valence-corrected chi connectivity index (χ2v) is 4.03. The number of nitrogens with zero attached hydrogens (tertiary/aromatic N) is 1. The van der Waals surface area contributed by atoms with Gasteiger partial charge in [-0.05, 0) is 18.2 Å². The van der Waals surface area contributed by atoms with Crippen LogP contribution in [0.25, 0.3) is 10.1 Å². The molecule has 2 rings (SSSR count). The molecule has 0 aliphatic rings. The van der Waals surface area contributed by atoms with Gasteiger partial charge in [0, 0.05) is 10.1 Å². The quantitative estimate of drug-likeness (QED) is 0.751. The molecule has 4 heteroatoms. The molecule has 0 bridgehead atoms. The van der Waals surface area contributed by atoms with E-state index in [0.29, 0.717) is 10.3 Å². The van der Waals surface area contributed by atoms with E-state index in [9.17, 15) is 10.2 Å². The van der Waals surface area contributed by atoms with Crippen LogP contribution in [-0.2, 0) is 6.42 Å². The molecule has 1 aromatic carbocycles. The number of thiophene rings is 1. The predicted molar refractivity (Wildman–Crippen MR) is 54.5 cm³/mol. The number of hydrogen-bond donors (Lipinski definition) is 2. The highest BCUT2D eigenvalue weighted by Crippen LogP contribution is 2.38. The molecule has 0 radical (unpaired) electrons. The fourth-order valence-electron chi connectivity index (χ4n) is 1.31. The predicted octanol–water partition coefficient (Wildman–Crippen LogP) is 2.38. The van der Waals surface area contributed by atoms with Crippen LogP contribution in [0.3, 0.4) is 0 Å². The smallest absolute Gasteiger partial charge is 0.138 e. The van der Waals surface area contributed by atoms with Crippen molar-refractivity contribution in [1.29, 1.82) is 5.26 Å². The third-order valence-corrected chi connectivity index (χ3v) is 3.12. The number of aromatic hydroxyl groups is 2. The highest BCUT2D eigenvalue weighted by molar-refractivity contribution is 7.19. The third-order valence-electron chi connectivity index (χ3n) is 1.96. The van der Waals surface area contributed by atoms with E-state index in [1.54, 1.807) is 12.1 Å². The lowest BCUT2D eigenvalue weighted by Crippen LogP contribution is -1.72. The summed E-state index contributed by atoms with van der Waals surface area (Å²) in [5, 5.41) is 28.0. The number of phenols is 1. The van der Waals surface area contributed by atoms with Crippen molar-refractivity contribution in [2.75, 3.05) is 0 Å². The molecule has 0 amide bonds. The SMILES string of the molecule is N#CCc1sc2ccc(O)cc2c1O. The second-order valence-electron chi connectivity index (χ2n) is 2.89. The fraction of sp³-hybridized carbons (Fsp3) is 0.100. The van der Waals surface area contributed by atoms with Gasteiger partial charge >= 0.3 is 0 Å². The maximum Gasteiger partial charge on any atom is 0.138 e. The van der Waals surface area contributed by atoms with Gasteiger partial charge in [0.25, 0.3) is 0 Å². The first-order valence-corrected chi connectivity index (χ1v) is 4.84. The van der Waals surface area contributed by atoms with Gasteiger partial charge in [-0.2, -0.15) is 5.26 Å². The molecular formula is C10H7NO2S. The van der Waals surface area contributed by atoms with Crippen molar-refractivity contribution >= 4 is 21.4 Å². The molecule has 0 saturated carbocycles. The summed E-state index contributed by atoms with van der Waals surface area (Å²) in [5.41, 5.74) is 0. The van der Waals surface area contributed by atoms with Gasteiger partial charge in [0.05, 0.1) is 17.4 Å². The molecule has 0 saturated heterocycles. The van der Waals surface area contributed by atoms with E-state index in [-0.39, 0.29) is 17.9 Å². The number of phenolic OH excluding ortho intramolecular Hbond substituents is 1. The fourth-order valence-corrected chi connectivity index (χ4v) is 2.33. The van der Waals surface area contributed by atoms with E-state index in [4.69, 9.17) is 5.26 Å². The minimum Gasteiger partial charge on any atom is -0.508 e. The number of hydrogen-bond acceptors (Lipinski definition) is 4. The van der Waals surface area contributed by atoms with Gasteiger partial charge in [-0.1, -0.05) is 0 Å². The van der Waals surface area contributed by atoms with Crippen LogP contribution in [0.15, 0.2) is 18.2 Å². The van der Waals surface area contributed by atoms with Gasteiger partial charge < -0.3 is 10.2 Å². The highest BCUT2D eigenvalue weighted by Gasteiger charge is 2.10. The molecule has 0 aliphatic carbocycles. The van der Waals surface area contributed by atoms with Crippen molar-refractivity contribution in [3.8, 4) is 17.6 Å². The van der Waals surface area contributed by atoms with Gasteiger partial charge in [0.2, 0.25) is 0 Å². The van der Waals surface area contributed by atoms with E-state index >= 15 is 0 Å². The van der Waals surface area contributed by atoms with Gasteiger partial charge in [0.15, 0.2) is 0 Å². The maximum absolute atomic E-state index is 9.69. The van der Waals surface area contributed by atoms with Crippen molar-refractivity contribution < 1.29 is 10.2 Å². The minimum absolute atomic E-state index is 0.113. The van der Waals surface area contributed by atoms with Crippen LogP contribution < -0.4 is 0 Å². The van der Waals surface area contributed by atoms with Gasteiger partial charge in [-0.25, -0.2) is 0 Å². The Labute approximate surface area is 84.5 Å². The van der Waals surface area contributed by atoms with E-state index in [1.807, 2.05) is 6.07 Å². The second kappa shape index (κ2) is 3.20. The Bertz CT molecular complexity index is 525. The average molecular weight is 205 g/mol. The number of nitriles is 1. The lowest BCUT2D eigenvalue weighted by Gasteiger charge is -1.92. The van der Waals surface area contributed by atoms with E-state index in [0.717, 1.165) is 4.70 Å². The third kappa shape index (κ3) is 1.28. The molecule has 0 aliphatic heterocycles. The van der Waals surface area contributed by atoms with Crippen LogP contribution in [-0.4, -0.2) is 10.2 Å². The number of rotatable bonds is 1.